The summed E-state index contributed by atoms with van der Waals surface area (Å²) in [6, 6.07) is 18.6. The second-order valence-electron chi connectivity index (χ2n) is 8.41. The zero-order valence-electron chi connectivity index (χ0n) is 22.0. The van der Waals surface area contributed by atoms with E-state index in [1.807, 2.05) is 19.1 Å². The first kappa shape index (κ1) is 29.3. The van der Waals surface area contributed by atoms with E-state index in [4.69, 9.17) is 14.2 Å². The normalized spacial score (nSPS) is 10.7. The Morgan fingerprint density at radius 1 is 0.675 bits per heavy atom. The van der Waals surface area contributed by atoms with Crippen LogP contribution in [0.15, 0.2) is 104 Å². The maximum atomic E-state index is 12.4. The van der Waals surface area contributed by atoms with Gasteiger partial charge in [0.05, 0.1) is 0 Å². The second-order valence-corrected chi connectivity index (χ2v) is 8.41. The third-order valence-electron chi connectivity index (χ3n) is 5.52. The Morgan fingerprint density at radius 2 is 1.23 bits per heavy atom. The Labute approximate surface area is 232 Å². The lowest BCUT2D eigenvalue weighted by molar-refractivity contribution is -0.130. The lowest BCUT2D eigenvalue weighted by atomic mass is 10.1. The summed E-state index contributed by atoms with van der Waals surface area (Å²) >= 11 is 0. The van der Waals surface area contributed by atoms with Crippen LogP contribution in [-0.4, -0.2) is 23.7 Å². The fourth-order valence-corrected chi connectivity index (χ4v) is 3.44. The van der Waals surface area contributed by atoms with Crippen LogP contribution >= 0.6 is 0 Å². The van der Waals surface area contributed by atoms with Gasteiger partial charge in [0.25, 0.3) is 0 Å². The minimum absolute atomic E-state index is 0.0622. The van der Waals surface area contributed by atoms with Gasteiger partial charge in [-0.1, -0.05) is 56.5 Å². The average molecular weight is 537 g/mol. The minimum atomic E-state index is -0.579. The van der Waals surface area contributed by atoms with Gasteiger partial charge in [-0.25, -0.2) is 14.4 Å². The molecule has 0 spiro atoms. The van der Waals surface area contributed by atoms with Gasteiger partial charge in [-0.2, -0.15) is 0 Å². The third kappa shape index (κ3) is 9.22. The summed E-state index contributed by atoms with van der Waals surface area (Å²) in [6.45, 7) is 8.70. The van der Waals surface area contributed by atoms with Crippen molar-refractivity contribution in [3.63, 3.8) is 0 Å². The van der Waals surface area contributed by atoms with Gasteiger partial charge in [0.15, 0.2) is 5.78 Å². The Bertz CT molecular complexity index is 1460. The zero-order valence-corrected chi connectivity index (χ0v) is 22.0. The first-order chi connectivity index (χ1) is 19.3. The highest BCUT2D eigenvalue weighted by molar-refractivity contribution is 5.91. The van der Waals surface area contributed by atoms with Crippen molar-refractivity contribution in [2.75, 3.05) is 0 Å². The van der Waals surface area contributed by atoms with Crippen LogP contribution in [0.5, 0.6) is 17.2 Å². The van der Waals surface area contributed by atoms with Gasteiger partial charge in [0.1, 0.15) is 17.2 Å². The van der Waals surface area contributed by atoms with Gasteiger partial charge in [-0.15, -0.1) is 0 Å². The molecule has 0 bridgehead atoms. The lowest BCUT2D eigenvalue weighted by Crippen LogP contribution is -2.07. The van der Waals surface area contributed by atoms with Crippen molar-refractivity contribution < 1.29 is 33.4 Å². The van der Waals surface area contributed by atoms with E-state index in [2.05, 4.69) is 13.2 Å². The number of aryl methyl sites for hydroxylation is 1. The highest BCUT2D eigenvalue weighted by Crippen LogP contribution is 2.25. The molecular formula is C33H28O7. The summed E-state index contributed by atoms with van der Waals surface area (Å²) in [4.78, 5) is 47.4. The van der Waals surface area contributed by atoms with Crippen molar-refractivity contribution in [1.29, 1.82) is 0 Å². The highest BCUT2D eigenvalue weighted by Gasteiger charge is 2.10. The fraction of sp³-hybridized carbons (Fsp3) is 0.0909. The van der Waals surface area contributed by atoms with E-state index in [1.165, 1.54) is 18.2 Å². The summed E-state index contributed by atoms with van der Waals surface area (Å²) in [5.41, 5.74) is 3.04. The molecule has 3 aromatic rings. The number of ether oxygens (including phenoxy) is 3. The highest BCUT2D eigenvalue weighted by atomic mass is 16.5. The molecule has 0 aliphatic rings. The summed E-state index contributed by atoms with van der Waals surface area (Å²) in [5.74, 6) is -0.729. The molecule has 0 amide bonds. The SMILES string of the molecule is C=CC(=O)Cc1ccc(/C=C/C(=O)Oc2ccc(OC(=O)/C=C/c3ccc(OC(=O)C=C)cc3)c(CC)c2)cc1. The number of hydrogen-bond donors (Lipinski definition) is 0. The van der Waals surface area contributed by atoms with Crippen molar-refractivity contribution in [3.05, 3.63) is 126 Å². The molecular weight excluding hydrogens is 508 g/mol. The van der Waals surface area contributed by atoms with Gasteiger partial charge in [0, 0.05) is 24.6 Å². The van der Waals surface area contributed by atoms with Crippen LogP contribution in [0.4, 0.5) is 0 Å². The van der Waals surface area contributed by atoms with E-state index in [1.54, 1.807) is 66.7 Å². The van der Waals surface area contributed by atoms with Crippen LogP contribution in [0.25, 0.3) is 12.2 Å². The second kappa shape index (κ2) is 14.6. The van der Waals surface area contributed by atoms with Gasteiger partial charge in [0.2, 0.25) is 0 Å². The van der Waals surface area contributed by atoms with E-state index in [0.29, 0.717) is 34.8 Å². The lowest BCUT2D eigenvalue weighted by Gasteiger charge is -2.09. The molecule has 40 heavy (non-hydrogen) atoms. The van der Waals surface area contributed by atoms with Gasteiger partial charge < -0.3 is 14.2 Å². The average Bonchev–Trinajstić information content (AvgIpc) is 2.97. The number of ketones is 1. The molecule has 0 heterocycles. The molecule has 3 aromatic carbocycles. The Morgan fingerprint density at radius 3 is 1.80 bits per heavy atom. The first-order valence-corrected chi connectivity index (χ1v) is 12.4. The van der Waals surface area contributed by atoms with E-state index >= 15 is 0 Å². The maximum absolute atomic E-state index is 12.4. The predicted molar refractivity (Wildman–Crippen MR) is 153 cm³/mol. The monoisotopic (exact) mass is 536 g/mol. The number of hydrogen-bond acceptors (Lipinski definition) is 7. The fourth-order valence-electron chi connectivity index (χ4n) is 3.44. The van der Waals surface area contributed by atoms with Crippen LogP contribution in [0.1, 0.15) is 29.2 Å². The smallest absolute Gasteiger partial charge is 0.336 e. The molecule has 0 fully saturated rings. The van der Waals surface area contributed by atoms with Crippen LogP contribution in [-0.2, 0) is 32.0 Å². The number of rotatable bonds is 12. The predicted octanol–water partition coefficient (Wildman–Crippen LogP) is 5.88. The van der Waals surface area contributed by atoms with E-state index in [0.717, 1.165) is 17.2 Å². The largest absolute Gasteiger partial charge is 0.423 e. The minimum Gasteiger partial charge on any atom is -0.423 e. The summed E-state index contributed by atoms with van der Waals surface area (Å²) in [5, 5.41) is 0. The van der Waals surface area contributed by atoms with Gasteiger partial charge in [-0.3, -0.25) is 4.79 Å². The molecule has 0 saturated carbocycles. The van der Waals surface area contributed by atoms with Crippen LogP contribution < -0.4 is 14.2 Å². The summed E-state index contributed by atoms with van der Waals surface area (Å²) < 4.78 is 15.9. The number of allylic oxidation sites excluding steroid dienone is 1. The van der Waals surface area contributed by atoms with Crippen LogP contribution in [0, 0.1) is 0 Å². The standard InChI is InChI=1S/C33H28O7/c1-4-26-22-29(39-32(36)19-13-23-7-9-25(10-8-23)21-27(34)5-2)17-18-30(26)40-33(37)20-14-24-11-15-28(16-12-24)38-31(35)6-3/h5-20,22H,2-4,21H2,1H3/b19-13+,20-14+. The number of esters is 3. The quantitative estimate of drug-likeness (QED) is 0.162. The van der Waals surface area contributed by atoms with Crippen LogP contribution in [0.3, 0.4) is 0 Å². The number of benzene rings is 3. The molecule has 0 aromatic heterocycles. The molecule has 7 heteroatoms. The molecule has 0 atom stereocenters. The number of carbonyl (C=O) groups is 4. The van der Waals surface area contributed by atoms with Crippen molar-refractivity contribution in [1.82, 2.24) is 0 Å². The third-order valence-corrected chi connectivity index (χ3v) is 5.52. The molecule has 0 aliphatic carbocycles. The Kier molecular flexibility index (Phi) is 10.7. The molecule has 7 nitrogen and oxygen atoms in total. The summed E-state index contributed by atoms with van der Waals surface area (Å²) in [6.07, 6.45) is 8.96. The Hall–Kier alpha value is -5.30. The van der Waals surface area contributed by atoms with Gasteiger partial charge >= 0.3 is 17.9 Å². The molecule has 0 unspecified atom stereocenters. The maximum Gasteiger partial charge on any atom is 0.336 e. The number of carbonyl (C=O) groups excluding carboxylic acids is 4. The van der Waals surface area contributed by atoms with Crippen LogP contribution in [0.2, 0.25) is 0 Å². The van der Waals surface area contributed by atoms with Crippen molar-refractivity contribution >= 4 is 35.8 Å². The van der Waals surface area contributed by atoms with Crippen molar-refractivity contribution in [2.45, 2.75) is 19.8 Å². The van der Waals surface area contributed by atoms with E-state index < -0.39 is 17.9 Å². The topological polar surface area (TPSA) is 96.0 Å². The summed E-state index contributed by atoms with van der Waals surface area (Å²) in [7, 11) is 0. The van der Waals surface area contributed by atoms with Crippen molar-refractivity contribution in [3.8, 4) is 17.2 Å². The van der Waals surface area contributed by atoms with Crippen molar-refractivity contribution in [2.24, 2.45) is 0 Å². The molecule has 0 radical (unpaired) electrons. The molecule has 0 saturated heterocycles. The zero-order chi connectivity index (χ0) is 28.9. The molecule has 3 rings (SSSR count). The van der Waals surface area contributed by atoms with Gasteiger partial charge in [-0.05, 0) is 77.2 Å². The van der Waals surface area contributed by atoms with E-state index in [-0.39, 0.29) is 12.2 Å². The molecule has 0 aliphatic heterocycles. The molecule has 202 valence electrons. The first-order valence-electron chi connectivity index (χ1n) is 12.4. The Balaban J connectivity index is 1.56. The van der Waals surface area contributed by atoms with E-state index in [9.17, 15) is 19.2 Å². The molecule has 0 N–H and O–H groups in total.